The molecule has 0 fully saturated rings. The highest BCUT2D eigenvalue weighted by molar-refractivity contribution is 6.36. The molecule has 1 heterocycles. The summed E-state index contributed by atoms with van der Waals surface area (Å²) in [6.45, 7) is 0. The highest BCUT2D eigenvalue weighted by Crippen LogP contribution is 2.31. The van der Waals surface area contributed by atoms with Gasteiger partial charge in [-0.3, -0.25) is 4.79 Å². The normalized spacial score (nSPS) is 10.1. The minimum Gasteiger partial charge on any atom is -0.325 e. The average molecular weight is 279 g/mol. The largest absolute Gasteiger partial charge is 0.325 e. The third-order valence-electron chi connectivity index (χ3n) is 2.48. The van der Waals surface area contributed by atoms with Gasteiger partial charge in [0.25, 0.3) is 0 Å². The van der Waals surface area contributed by atoms with E-state index in [0.29, 0.717) is 15.7 Å². The van der Waals surface area contributed by atoms with Gasteiger partial charge in [0.05, 0.1) is 12.5 Å². The monoisotopic (exact) mass is 278 g/mol. The van der Waals surface area contributed by atoms with Gasteiger partial charge < -0.3 is 4.98 Å². The van der Waals surface area contributed by atoms with Gasteiger partial charge in [-0.05, 0) is 18.2 Å². The molecule has 0 bridgehead atoms. The maximum Gasteiger partial charge on any atom is 0.248 e. The summed E-state index contributed by atoms with van der Waals surface area (Å²) in [5.74, 6) is 0. The second-order valence-corrected chi connectivity index (χ2v) is 4.52. The van der Waals surface area contributed by atoms with Gasteiger partial charge in [0.15, 0.2) is 0 Å². The number of aromatic nitrogens is 1. The van der Waals surface area contributed by atoms with Gasteiger partial charge in [-0.15, -0.1) is 0 Å². The molecule has 0 atom stereocenters. The summed E-state index contributed by atoms with van der Waals surface area (Å²) in [5.41, 5.74) is 1.78. The number of hydrogen-bond acceptors (Lipinski definition) is 2. The van der Waals surface area contributed by atoms with Crippen LogP contribution in [0.25, 0.3) is 11.1 Å². The van der Waals surface area contributed by atoms with Crippen molar-refractivity contribution in [2.75, 3.05) is 0 Å². The standard InChI is InChI=1S/C13H8Cl2N2O/c14-8-1-2-9(11(15)7-8)10-3-4-13(18)17-12(10)5-6-16/h1-4,7H,5H2,(H,17,18). The van der Waals surface area contributed by atoms with Crippen LogP contribution in [-0.2, 0) is 6.42 Å². The molecule has 0 amide bonds. The Morgan fingerprint density at radius 2 is 1.89 bits per heavy atom. The van der Waals surface area contributed by atoms with Crippen LogP contribution in [0, 0.1) is 11.3 Å². The number of rotatable bonds is 2. The van der Waals surface area contributed by atoms with E-state index < -0.39 is 0 Å². The number of nitriles is 1. The molecule has 2 aromatic rings. The van der Waals surface area contributed by atoms with Gasteiger partial charge in [-0.1, -0.05) is 29.3 Å². The lowest BCUT2D eigenvalue weighted by molar-refractivity contribution is 1.08. The molecule has 2 rings (SSSR count). The molecule has 90 valence electrons. The summed E-state index contributed by atoms with van der Waals surface area (Å²) < 4.78 is 0. The number of nitrogens with one attached hydrogen (secondary N) is 1. The predicted octanol–water partition coefficient (Wildman–Crippen LogP) is 3.41. The van der Waals surface area contributed by atoms with Crippen LogP contribution < -0.4 is 5.56 Å². The maximum absolute atomic E-state index is 11.3. The summed E-state index contributed by atoms with van der Waals surface area (Å²) in [6.07, 6.45) is 0.115. The smallest absolute Gasteiger partial charge is 0.248 e. The lowest BCUT2D eigenvalue weighted by Crippen LogP contribution is -2.08. The lowest BCUT2D eigenvalue weighted by Gasteiger charge is -2.08. The van der Waals surface area contributed by atoms with E-state index in [9.17, 15) is 4.79 Å². The van der Waals surface area contributed by atoms with Crippen LogP contribution in [0.3, 0.4) is 0 Å². The van der Waals surface area contributed by atoms with Crippen molar-refractivity contribution in [2.45, 2.75) is 6.42 Å². The van der Waals surface area contributed by atoms with Crippen molar-refractivity contribution in [3.05, 3.63) is 56.4 Å². The van der Waals surface area contributed by atoms with Crippen molar-refractivity contribution >= 4 is 23.2 Å². The topological polar surface area (TPSA) is 56.6 Å². The molecule has 0 unspecified atom stereocenters. The highest BCUT2D eigenvalue weighted by Gasteiger charge is 2.09. The number of halogens is 2. The molecule has 1 aromatic carbocycles. The van der Waals surface area contributed by atoms with E-state index in [0.717, 1.165) is 11.1 Å². The zero-order valence-corrected chi connectivity index (χ0v) is 10.7. The van der Waals surface area contributed by atoms with E-state index >= 15 is 0 Å². The fraction of sp³-hybridized carbons (Fsp3) is 0.0769. The number of hydrogen-bond donors (Lipinski definition) is 1. The maximum atomic E-state index is 11.3. The molecule has 0 radical (unpaired) electrons. The Hall–Kier alpha value is -1.76. The van der Waals surface area contributed by atoms with Crippen molar-refractivity contribution in [3.63, 3.8) is 0 Å². The number of nitrogens with zero attached hydrogens (tertiary/aromatic N) is 1. The quantitative estimate of drug-likeness (QED) is 0.915. The minimum absolute atomic E-state index is 0.115. The fourth-order valence-electron chi connectivity index (χ4n) is 1.70. The van der Waals surface area contributed by atoms with Crippen molar-refractivity contribution in [2.24, 2.45) is 0 Å². The SMILES string of the molecule is N#CCc1[nH]c(=O)ccc1-c1ccc(Cl)cc1Cl. The number of pyridine rings is 1. The molecule has 0 spiro atoms. The molecule has 5 heteroatoms. The first kappa shape index (κ1) is 12.7. The first-order valence-electron chi connectivity index (χ1n) is 5.16. The molecule has 0 saturated carbocycles. The first-order chi connectivity index (χ1) is 8.61. The van der Waals surface area contributed by atoms with Crippen LogP contribution in [-0.4, -0.2) is 4.98 Å². The van der Waals surface area contributed by atoms with E-state index in [1.807, 2.05) is 6.07 Å². The van der Waals surface area contributed by atoms with E-state index in [-0.39, 0.29) is 12.0 Å². The highest BCUT2D eigenvalue weighted by atomic mass is 35.5. The first-order valence-corrected chi connectivity index (χ1v) is 5.92. The van der Waals surface area contributed by atoms with Crippen LogP contribution in [0.4, 0.5) is 0 Å². The van der Waals surface area contributed by atoms with Crippen molar-refractivity contribution in [1.29, 1.82) is 5.26 Å². The summed E-state index contributed by atoms with van der Waals surface area (Å²) in [6, 6.07) is 10.2. The Morgan fingerprint density at radius 1 is 1.17 bits per heavy atom. The second kappa shape index (κ2) is 5.26. The second-order valence-electron chi connectivity index (χ2n) is 3.67. The molecule has 0 aliphatic rings. The van der Waals surface area contributed by atoms with Crippen molar-refractivity contribution in [1.82, 2.24) is 4.98 Å². The Kier molecular flexibility index (Phi) is 3.71. The van der Waals surface area contributed by atoms with Crippen LogP contribution in [0.15, 0.2) is 35.1 Å². The molecule has 18 heavy (non-hydrogen) atoms. The number of benzene rings is 1. The van der Waals surface area contributed by atoms with Crippen molar-refractivity contribution < 1.29 is 0 Å². The minimum atomic E-state index is -0.242. The molecule has 3 nitrogen and oxygen atoms in total. The van der Waals surface area contributed by atoms with E-state index in [2.05, 4.69) is 4.98 Å². The van der Waals surface area contributed by atoms with Gasteiger partial charge in [-0.2, -0.15) is 5.26 Å². The summed E-state index contributed by atoms with van der Waals surface area (Å²) >= 11 is 12.0. The lowest BCUT2D eigenvalue weighted by atomic mass is 10.0. The summed E-state index contributed by atoms with van der Waals surface area (Å²) in [7, 11) is 0. The Balaban J connectivity index is 2.63. The van der Waals surface area contributed by atoms with Crippen LogP contribution in [0.5, 0.6) is 0 Å². The zero-order valence-electron chi connectivity index (χ0n) is 9.21. The molecule has 0 aliphatic heterocycles. The van der Waals surface area contributed by atoms with Gasteiger partial charge in [0.2, 0.25) is 5.56 Å². The molecule has 1 aromatic heterocycles. The van der Waals surface area contributed by atoms with Gasteiger partial charge >= 0.3 is 0 Å². The van der Waals surface area contributed by atoms with Gasteiger partial charge in [-0.25, -0.2) is 0 Å². The number of aromatic amines is 1. The van der Waals surface area contributed by atoms with E-state index in [4.69, 9.17) is 28.5 Å². The predicted molar refractivity (Wildman–Crippen MR) is 71.8 cm³/mol. The van der Waals surface area contributed by atoms with Crippen molar-refractivity contribution in [3.8, 4) is 17.2 Å². The summed E-state index contributed by atoms with van der Waals surface area (Å²) in [5, 5.41) is 9.79. The summed E-state index contributed by atoms with van der Waals surface area (Å²) in [4.78, 5) is 13.9. The van der Waals surface area contributed by atoms with E-state index in [1.54, 1.807) is 24.3 Å². The Bertz CT molecular complexity index is 686. The molecule has 0 saturated heterocycles. The molecule has 0 aliphatic carbocycles. The Morgan fingerprint density at radius 3 is 2.56 bits per heavy atom. The van der Waals surface area contributed by atoms with Crippen LogP contribution in [0.2, 0.25) is 10.0 Å². The van der Waals surface area contributed by atoms with Crippen LogP contribution >= 0.6 is 23.2 Å². The van der Waals surface area contributed by atoms with Crippen LogP contribution in [0.1, 0.15) is 5.69 Å². The zero-order chi connectivity index (χ0) is 13.1. The van der Waals surface area contributed by atoms with Gasteiger partial charge in [0.1, 0.15) is 0 Å². The molecule has 1 N–H and O–H groups in total. The third kappa shape index (κ3) is 2.56. The third-order valence-corrected chi connectivity index (χ3v) is 3.03. The molecular formula is C13H8Cl2N2O. The fourth-order valence-corrected chi connectivity index (χ4v) is 2.21. The van der Waals surface area contributed by atoms with E-state index in [1.165, 1.54) is 6.07 Å². The Labute approximate surface area is 114 Å². The number of H-pyrrole nitrogens is 1. The molecular weight excluding hydrogens is 271 g/mol. The van der Waals surface area contributed by atoms with Gasteiger partial charge in [0, 0.05) is 32.9 Å². The average Bonchev–Trinajstić information content (AvgIpc) is 2.31.